The molecule has 2 heterocycles. The van der Waals surface area contributed by atoms with Crippen LogP contribution in [0, 0.1) is 0 Å². The molecule has 0 unspecified atom stereocenters. The third kappa shape index (κ3) is 7.48. The largest absolute Gasteiger partial charge is 0.452 e. The number of amides is 2. The van der Waals surface area contributed by atoms with Crippen LogP contribution in [0.2, 0.25) is 20.1 Å². The van der Waals surface area contributed by atoms with Crippen LogP contribution in [0.25, 0.3) is 0 Å². The minimum Gasteiger partial charge on any atom is -0.452 e. The standard InChI is InChI=1S/C21H14Cl4N4O4S/c22-11-5-14(24)19(26-7-11)28-17(30)9-33-21(32)13-3-1-2-4-16(13)34-10-18(31)29-20-15(25)6-12(23)8-27-20/h1-8H,9-10H2,(H,26,28,30)(H,27,29,31). The molecule has 2 aromatic heterocycles. The van der Waals surface area contributed by atoms with E-state index in [9.17, 15) is 14.4 Å². The van der Waals surface area contributed by atoms with Gasteiger partial charge >= 0.3 is 5.97 Å². The Morgan fingerprint density at radius 2 is 1.41 bits per heavy atom. The Balaban J connectivity index is 1.55. The van der Waals surface area contributed by atoms with E-state index >= 15 is 0 Å². The fraction of sp³-hybridized carbons (Fsp3) is 0.0952. The molecular formula is C21H14Cl4N4O4S. The van der Waals surface area contributed by atoms with Crippen LogP contribution in [-0.4, -0.2) is 40.1 Å². The molecule has 0 aliphatic heterocycles. The van der Waals surface area contributed by atoms with Gasteiger partial charge in [0.2, 0.25) is 5.91 Å². The lowest BCUT2D eigenvalue weighted by atomic mass is 10.2. The lowest BCUT2D eigenvalue weighted by Crippen LogP contribution is -2.22. The number of carbonyl (C=O) groups is 3. The van der Waals surface area contributed by atoms with Gasteiger partial charge in [-0.05, 0) is 24.3 Å². The quantitative estimate of drug-likeness (QED) is 0.272. The molecule has 3 rings (SSSR count). The first-order chi connectivity index (χ1) is 16.2. The first kappa shape index (κ1) is 26.1. The van der Waals surface area contributed by atoms with Gasteiger partial charge in [0.25, 0.3) is 5.91 Å². The molecule has 0 fully saturated rings. The van der Waals surface area contributed by atoms with Crippen LogP contribution in [0.4, 0.5) is 11.6 Å². The Bertz CT molecular complexity index is 1250. The molecular weight excluding hydrogens is 546 g/mol. The van der Waals surface area contributed by atoms with E-state index in [1.54, 1.807) is 18.2 Å². The molecule has 34 heavy (non-hydrogen) atoms. The van der Waals surface area contributed by atoms with E-state index in [1.807, 2.05) is 0 Å². The van der Waals surface area contributed by atoms with E-state index in [0.717, 1.165) is 11.8 Å². The van der Waals surface area contributed by atoms with Gasteiger partial charge in [-0.15, -0.1) is 11.8 Å². The maximum Gasteiger partial charge on any atom is 0.339 e. The predicted molar refractivity (Wildman–Crippen MR) is 133 cm³/mol. The van der Waals surface area contributed by atoms with Crippen LogP contribution in [-0.2, 0) is 14.3 Å². The van der Waals surface area contributed by atoms with Crippen molar-refractivity contribution in [3.8, 4) is 0 Å². The molecule has 176 valence electrons. The molecule has 3 aromatic rings. The van der Waals surface area contributed by atoms with Crippen LogP contribution in [0.15, 0.2) is 53.7 Å². The highest BCUT2D eigenvalue weighted by atomic mass is 35.5. The first-order valence-corrected chi connectivity index (χ1v) is 11.8. The first-order valence-electron chi connectivity index (χ1n) is 9.33. The van der Waals surface area contributed by atoms with Crippen molar-refractivity contribution in [2.75, 3.05) is 23.0 Å². The zero-order valence-corrected chi connectivity index (χ0v) is 20.8. The average molecular weight is 560 g/mol. The smallest absolute Gasteiger partial charge is 0.339 e. The number of nitrogens with zero attached hydrogens (tertiary/aromatic N) is 2. The van der Waals surface area contributed by atoms with Crippen LogP contribution < -0.4 is 10.6 Å². The molecule has 0 spiro atoms. The second-order valence-electron chi connectivity index (χ2n) is 6.43. The number of rotatable bonds is 8. The Morgan fingerprint density at radius 3 is 2.00 bits per heavy atom. The van der Waals surface area contributed by atoms with E-state index in [4.69, 9.17) is 51.1 Å². The summed E-state index contributed by atoms with van der Waals surface area (Å²) in [6, 6.07) is 9.38. The third-order valence-corrected chi connectivity index (χ3v) is 5.99. The molecule has 0 bridgehead atoms. The topological polar surface area (TPSA) is 110 Å². The fourth-order valence-corrected chi connectivity index (χ4v) is 4.16. The summed E-state index contributed by atoms with van der Waals surface area (Å²) in [4.78, 5) is 45.3. The van der Waals surface area contributed by atoms with Crippen LogP contribution in [0.1, 0.15) is 10.4 Å². The molecule has 2 amide bonds. The summed E-state index contributed by atoms with van der Waals surface area (Å²) in [5, 5.41) is 5.99. The number of aromatic nitrogens is 2. The van der Waals surface area contributed by atoms with Gasteiger partial charge in [-0.2, -0.15) is 0 Å². The summed E-state index contributed by atoms with van der Waals surface area (Å²) >= 11 is 24.6. The number of thioether (sulfide) groups is 1. The van der Waals surface area contributed by atoms with Crippen molar-refractivity contribution in [3.05, 3.63) is 74.4 Å². The fourth-order valence-electron chi connectivity index (χ4n) is 2.46. The Labute approximate surface area is 218 Å². The number of benzene rings is 1. The van der Waals surface area contributed by atoms with Crippen molar-refractivity contribution in [2.45, 2.75) is 4.90 Å². The third-order valence-electron chi connectivity index (χ3n) is 3.93. The highest BCUT2D eigenvalue weighted by Crippen LogP contribution is 2.26. The number of halogens is 4. The molecule has 0 aliphatic rings. The number of anilines is 2. The predicted octanol–water partition coefficient (Wildman–Crippen LogP) is 5.62. The van der Waals surface area contributed by atoms with Crippen LogP contribution >= 0.6 is 58.2 Å². The van der Waals surface area contributed by atoms with Gasteiger partial charge in [0, 0.05) is 17.3 Å². The minimum atomic E-state index is -0.740. The second kappa shape index (κ2) is 12.2. The monoisotopic (exact) mass is 558 g/mol. The van der Waals surface area contributed by atoms with E-state index in [0.29, 0.717) is 14.9 Å². The zero-order valence-electron chi connectivity index (χ0n) is 17.0. The number of hydrogen-bond donors (Lipinski definition) is 2. The molecule has 0 atom stereocenters. The van der Waals surface area contributed by atoms with E-state index in [-0.39, 0.29) is 33.0 Å². The second-order valence-corrected chi connectivity index (χ2v) is 9.13. The van der Waals surface area contributed by atoms with E-state index in [1.165, 1.54) is 30.6 Å². The summed E-state index contributed by atoms with van der Waals surface area (Å²) < 4.78 is 5.09. The van der Waals surface area contributed by atoms with Crippen LogP contribution in [0.3, 0.4) is 0 Å². The van der Waals surface area contributed by atoms with Crippen molar-refractivity contribution < 1.29 is 19.1 Å². The normalized spacial score (nSPS) is 10.5. The summed E-state index contributed by atoms with van der Waals surface area (Å²) in [5.74, 6) is -1.55. The summed E-state index contributed by atoms with van der Waals surface area (Å²) in [5.41, 5.74) is 0.193. The Hall–Kier alpha value is -2.56. The summed E-state index contributed by atoms with van der Waals surface area (Å²) in [7, 11) is 0. The maximum absolute atomic E-state index is 12.5. The number of nitrogens with one attached hydrogen (secondary N) is 2. The van der Waals surface area contributed by atoms with Gasteiger partial charge in [0.15, 0.2) is 18.2 Å². The van der Waals surface area contributed by atoms with Gasteiger partial charge in [-0.25, -0.2) is 14.8 Å². The number of ether oxygens (including phenoxy) is 1. The highest BCUT2D eigenvalue weighted by Gasteiger charge is 2.17. The number of hydrogen-bond acceptors (Lipinski definition) is 7. The highest BCUT2D eigenvalue weighted by molar-refractivity contribution is 8.00. The molecule has 0 saturated carbocycles. The number of carbonyl (C=O) groups excluding carboxylic acids is 3. The average Bonchev–Trinajstić information content (AvgIpc) is 2.80. The molecule has 8 nitrogen and oxygen atoms in total. The minimum absolute atomic E-state index is 0.0356. The Kier molecular flexibility index (Phi) is 9.37. The van der Waals surface area contributed by atoms with Crippen molar-refractivity contribution in [2.24, 2.45) is 0 Å². The van der Waals surface area contributed by atoms with Crippen molar-refractivity contribution in [1.29, 1.82) is 0 Å². The number of esters is 1. The van der Waals surface area contributed by atoms with E-state index < -0.39 is 24.4 Å². The lowest BCUT2D eigenvalue weighted by Gasteiger charge is -2.10. The molecule has 0 saturated heterocycles. The van der Waals surface area contributed by atoms with Gasteiger partial charge in [0.05, 0.1) is 31.4 Å². The zero-order chi connectivity index (χ0) is 24.7. The van der Waals surface area contributed by atoms with Crippen LogP contribution in [0.5, 0.6) is 0 Å². The summed E-state index contributed by atoms with van der Waals surface area (Å²) in [6.45, 7) is -0.570. The lowest BCUT2D eigenvalue weighted by molar-refractivity contribution is -0.119. The van der Waals surface area contributed by atoms with Gasteiger partial charge < -0.3 is 15.4 Å². The van der Waals surface area contributed by atoms with Gasteiger partial charge in [-0.1, -0.05) is 58.5 Å². The van der Waals surface area contributed by atoms with Crippen molar-refractivity contribution in [1.82, 2.24) is 9.97 Å². The molecule has 1 aromatic carbocycles. The summed E-state index contributed by atoms with van der Waals surface area (Å²) in [6.07, 6.45) is 2.67. The van der Waals surface area contributed by atoms with Crippen molar-refractivity contribution >= 4 is 87.6 Å². The van der Waals surface area contributed by atoms with Gasteiger partial charge in [-0.3, -0.25) is 9.59 Å². The molecule has 13 heteroatoms. The Morgan fingerprint density at radius 1 is 0.853 bits per heavy atom. The number of pyridine rings is 2. The van der Waals surface area contributed by atoms with E-state index in [2.05, 4.69) is 20.6 Å². The van der Waals surface area contributed by atoms with Crippen molar-refractivity contribution in [3.63, 3.8) is 0 Å². The maximum atomic E-state index is 12.5. The molecule has 0 radical (unpaired) electrons. The molecule has 0 aliphatic carbocycles. The molecule has 2 N–H and O–H groups in total. The van der Waals surface area contributed by atoms with Gasteiger partial charge in [0.1, 0.15) is 0 Å². The SMILES string of the molecule is O=C(COC(=O)c1ccccc1SCC(=O)Nc1ncc(Cl)cc1Cl)Nc1ncc(Cl)cc1Cl.